The molecule has 0 saturated carbocycles. The Bertz CT molecular complexity index is 732. The molecule has 3 aromatic carbocycles. The predicted octanol–water partition coefficient (Wildman–Crippen LogP) is -1.16. The number of carboxylic acids is 1. The van der Waals surface area contributed by atoms with Crippen LogP contribution >= 0.6 is 0 Å². The summed E-state index contributed by atoms with van der Waals surface area (Å²) in [5, 5.41) is 18.1. The molecule has 1 N–H and O–H groups in total. The van der Waals surface area contributed by atoms with Crippen molar-refractivity contribution in [2.24, 2.45) is 0 Å². The minimum Gasteiger partial charge on any atom is -0.549 e. The maximum atomic E-state index is 10.5. The van der Waals surface area contributed by atoms with Crippen molar-refractivity contribution < 1.29 is 39.5 Å². The zero-order chi connectivity index (χ0) is 13.9. The van der Waals surface area contributed by atoms with E-state index in [9.17, 15) is 9.90 Å². The third-order valence-corrected chi connectivity index (χ3v) is 3.45. The van der Waals surface area contributed by atoms with E-state index in [-0.39, 0.29) is 36.1 Å². The fraction of sp³-hybridized carbons (Fsp3) is 0.118. The topological polar surface area (TPSA) is 52.2 Å². The van der Waals surface area contributed by atoms with Gasteiger partial charge in [-0.3, -0.25) is 0 Å². The molecular weight excluding hydrogens is 273 g/mol. The quantitative estimate of drug-likeness (QED) is 0.486. The number of hydrogen-bond donors (Lipinski definition) is 1. The van der Waals surface area contributed by atoms with Crippen molar-refractivity contribution in [3.63, 3.8) is 0 Å². The molecule has 0 fully saturated rings. The summed E-state index contributed by atoms with van der Waals surface area (Å²) in [6.45, 7) is 0.368. The van der Waals surface area contributed by atoms with Crippen LogP contribution < -0.4 is 40.0 Å². The van der Waals surface area contributed by atoms with Crippen molar-refractivity contribution in [3.05, 3.63) is 60.2 Å². The van der Waals surface area contributed by atoms with Crippen molar-refractivity contribution in [2.45, 2.75) is 6.54 Å². The molecule has 0 aliphatic heterocycles. The number of aliphatic carboxylic acids is 1. The molecule has 0 radical (unpaired) electrons. The number of rotatable bonds is 4. The number of benzene rings is 3. The Morgan fingerprint density at radius 3 is 2.00 bits per heavy atom. The Morgan fingerprint density at radius 1 is 0.952 bits per heavy atom. The molecule has 3 rings (SSSR count). The van der Waals surface area contributed by atoms with E-state index < -0.39 is 5.97 Å². The van der Waals surface area contributed by atoms with Crippen LogP contribution in [-0.2, 0) is 11.3 Å². The number of carboxylic acid groups (broad SMARTS) is 1. The largest absolute Gasteiger partial charge is 1.00 e. The molecule has 0 atom stereocenters. The molecule has 0 amide bonds. The van der Waals surface area contributed by atoms with Crippen LogP contribution in [0.15, 0.2) is 54.6 Å². The average molecular weight is 287 g/mol. The molecule has 0 saturated heterocycles. The van der Waals surface area contributed by atoms with Crippen molar-refractivity contribution in [2.75, 3.05) is 6.54 Å². The molecular formula is C17H14NNaO2. The number of fused-ring (bicyclic) bond motifs is 2. The third kappa shape index (κ3) is 3.44. The maximum absolute atomic E-state index is 10.5. The maximum Gasteiger partial charge on any atom is 1.00 e. The van der Waals surface area contributed by atoms with Gasteiger partial charge in [-0.2, -0.15) is 0 Å². The molecule has 21 heavy (non-hydrogen) atoms. The first-order valence-corrected chi connectivity index (χ1v) is 6.55. The second-order valence-electron chi connectivity index (χ2n) is 4.77. The van der Waals surface area contributed by atoms with Gasteiger partial charge in [0.2, 0.25) is 0 Å². The molecule has 0 heterocycles. The van der Waals surface area contributed by atoms with Crippen molar-refractivity contribution in [1.29, 1.82) is 0 Å². The van der Waals surface area contributed by atoms with Crippen LogP contribution in [0.25, 0.3) is 21.5 Å². The van der Waals surface area contributed by atoms with Gasteiger partial charge in [-0.25, -0.2) is 0 Å². The van der Waals surface area contributed by atoms with Crippen LogP contribution in [0.1, 0.15) is 5.56 Å². The summed E-state index contributed by atoms with van der Waals surface area (Å²) in [5.74, 6) is -1.09. The number of carbonyl (C=O) groups is 1. The zero-order valence-corrected chi connectivity index (χ0v) is 13.9. The summed E-state index contributed by atoms with van der Waals surface area (Å²) in [6, 6.07) is 18.5. The SMILES string of the molecule is O=C([O-])CNCc1c2ccccc2cc2ccccc12.[Na+]. The Labute approximate surface area is 145 Å². The number of carbonyl (C=O) groups excluding carboxylic acids is 1. The fourth-order valence-corrected chi connectivity index (χ4v) is 2.59. The van der Waals surface area contributed by atoms with Crippen LogP contribution in [0.4, 0.5) is 0 Å². The first-order valence-electron chi connectivity index (χ1n) is 6.55. The smallest absolute Gasteiger partial charge is 0.549 e. The van der Waals surface area contributed by atoms with Gasteiger partial charge < -0.3 is 15.2 Å². The molecule has 0 spiro atoms. The fourth-order valence-electron chi connectivity index (χ4n) is 2.59. The Balaban J connectivity index is 0.00000161. The van der Waals surface area contributed by atoms with Crippen molar-refractivity contribution >= 4 is 27.5 Å². The van der Waals surface area contributed by atoms with Crippen molar-refractivity contribution in [3.8, 4) is 0 Å². The summed E-state index contributed by atoms with van der Waals surface area (Å²) in [4.78, 5) is 10.5. The van der Waals surface area contributed by atoms with Crippen LogP contribution in [0.2, 0.25) is 0 Å². The van der Waals surface area contributed by atoms with E-state index in [1.54, 1.807) is 0 Å². The average Bonchev–Trinajstić information content (AvgIpc) is 2.46. The standard InChI is InChI=1S/C17H15NO2.Na/c19-17(20)11-18-10-16-14-7-3-1-5-12(14)9-13-6-2-4-8-15(13)16;/h1-9,18H,10-11H2,(H,19,20);/q;+1/p-1. The van der Waals surface area contributed by atoms with E-state index in [0.29, 0.717) is 6.54 Å². The van der Waals surface area contributed by atoms with Gasteiger partial charge in [-0.05, 0) is 33.2 Å². The van der Waals surface area contributed by atoms with Crippen LogP contribution in [0.5, 0.6) is 0 Å². The second-order valence-corrected chi connectivity index (χ2v) is 4.77. The molecule has 4 heteroatoms. The van der Waals surface area contributed by atoms with Gasteiger partial charge in [0.05, 0.1) is 5.97 Å². The molecule has 0 aliphatic rings. The van der Waals surface area contributed by atoms with Gasteiger partial charge in [0.1, 0.15) is 0 Å². The van der Waals surface area contributed by atoms with E-state index in [0.717, 1.165) is 27.1 Å². The van der Waals surface area contributed by atoms with Crippen molar-refractivity contribution in [1.82, 2.24) is 5.32 Å². The number of nitrogens with one attached hydrogen (secondary N) is 1. The van der Waals surface area contributed by atoms with Gasteiger partial charge >= 0.3 is 29.6 Å². The van der Waals surface area contributed by atoms with E-state index in [1.807, 2.05) is 24.3 Å². The van der Waals surface area contributed by atoms with Gasteiger partial charge in [-0.1, -0.05) is 48.5 Å². The Morgan fingerprint density at radius 2 is 1.48 bits per heavy atom. The summed E-state index contributed by atoms with van der Waals surface area (Å²) >= 11 is 0. The molecule has 0 bridgehead atoms. The Kier molecular flexibility index (Phi) is 5.37. The molecule has 3 nitrogen and oxygen atoms in total. The van der Waals surface area contributed by atoms with Gasteiger partial charge in [0.15, 0.2) is 0 Å². The van der Waals surface area contributed by atoms with E-state index >= 15 is 0 Å². The summed E-state index contributed by atoms with van der Waals surface area (Å²) in [6.07, 6.45) is 0. The first-order chi connectivity index (χ1) is 9.75. The van der Waals surface area contributed by atoms with E-state index in [2.05, 4.69) is 35.6 Å². The molecule has 0 unspecified atom stereocenters. The minimum atomic E-state index is -1.09. The van der Waals surface area contributed by atoms with E-state index in [4.69, 9.17) is 0 Å². The Hall–Kier alpha value is -1.39. The normalized spacial score (nSPS) is 10.5. The molecule has 0 aromatic heterocycles. The summed E-state index contributed by atoms with van der Waals surface area (Å²) < 4.78 is 0. The monoisotopic (exact) mass is 287 g/mol. The van der Waals surface area contributed by atoms with Crippen LogP contribution in [0.3, 0.4) is 0 Å². The number of hydrogen-bond acceptors (Lipinski definition) is 3. The molecule has 100 valence electrons. The van der Waals surface area contributed by atoms with Gasteiger partial charge in [0, 0.05) is 13.1 Å². The zero-order valence-electron chi connectivity index (χ0n) is 11.9. The first kappa shape index (κ1) is 16.0. The predicted molar refractivity (Wildman–Crippen MR) is 78.2 cm³/mol. The summed E-state index contributed by atoms with van der Waals surface area (Å²) in [7, 11) is 0. The minimum absolute atomic E-state index is 0. The molecule has 0 aliphatic carbocycles. The third-order valence-electron chi connectivity index (χ3n) is 3.45. The van der Waals surface area contributed by atoms with Crippen LogP contribution in [0, 0.1) is 0 Å². The van der Waals surface area contributed by atoms with Gasteiger partial charge in [-0.15, -0.1) is 0 Å². The summed E-state index contributed by atoms with van der Waals surface area (Å²) in [5.41, 5.74) is 1.12. The molecule has 3 aromatic rings. The second kappa shape index (κ2) is 7.05. The van der Waals surface area contributed by atoms with Crippen LogP contribution in [-0.4, -0.2) is 12.5 Å². The van der Waals surface area contributed by atoms with Gasteiger partial charge in [0.25, 0.3) is 0 Å². The van der Waals surface area contributed by atoms with E-state index in [1.165, 1.54) is 0 Å².